The van der Waals surface area contributed by atoms with E-state index in [9.17, 15) is 14.4 Å². The van der Waals surface area contributed by atoms with Crippen LogP contribution < -0.4 is 20.3 Å². The van der Waals surface area contributed by atoms with Crippen LogP contribution in [0.5, 0.6) is 5.75 Å². The Morgan fingerprint density at radius 3 is 1.93 bits per heavy atom. The fourth-order valence-corrected chi connectivity index (χ4v) is 2.46. The second kappa shape index (κ2) is 9.38. The maximum Gasteiger partial charge on any atom is 0.244 e. The molecule has 2 N–H and O–H groups in total. The molecule has 0 bridgehead atoms. The first-order valence-corrected chi connectivity index (χ1v) is 8.57. The fourth-order valence-electron chi connectivity index (χ4n) is 2.46. The molecule has 0 radical (unpaired) electrons. The lowest BCUT2D eigenvalue weighted by atomic mass is 10.2. The molecule has 7 nitrogen and oxygen atoms in total. The molecule has 0 heterocycles. The van der Waals surface area contributed by atoms with E-state index < -0.39 is 0 Å². The minimum atomic E-state index is -0.327. The zero-order valence-electron chi connectivity index (χ0n) is 15.6. The van der Waals surface area contributed by atoms with Crippen LogP contribution in [-0.2, 0) is 14.4 Å². The maximum atomic E-state index is 12.3. The Hall–Kier alpha value is -3.35. The Kier molecular flexibility index (Phi) is 6.93. The Bertz CT molecular complexity index is 801. The molecular formula is C20H23N3O4. The Balaban J connectivity index is 2.02. The van der Waals surface area contributed by atoms with E-state index in [1.165, 1.54) is 18.7 Å². The van der Waals surface area contributed by atoms with Crippen molar-refractivity contribution in [2.45, 2.75) is 20.8 Å². The lowest BCUT2D eigenvalue weighted by molar-refractivity contribution is -0.120. The van der Waals surface area contributed by atoms with Gasteiger partial charge >= 0.3 is 0 Å². The van der Waals surface area contributed by atoms with Crippen LogP contribution in [0.3, 0.4) is 0 Å². The van der Waals surface area contributed by atoms with Crippen LogP contribution in [0.25, 0.3) is 0 Å². The van der Waals surface area contributed by atoms with Crippen molar-refractivity contribution in [3.05, 3.63) is 48.5 Å². The van der Waals surface area contributed by atoms with E-state index in [4.69, 9.17) is 4.74 Å². The molecule has 142 valence electrons. The van der Waals surface area contributed by atoms with Gasteiger partial charge < -0.3 is 20.3 Å². The molecule has 0 spiro atoms. The van der Waals surface area contributed by atoms with E-state index in [0.29, 0.717) is 29.4 Å². The third kappa shape index (κ3) is 6.14. The second-order valence-corrected chi connectivity index (χ2v) is 5.84. The molecule has 0 atom stereocenters. The highest BCUT2D eigenvalue weighted by Gasteiger charge is 2.16. The van der Waals surface area contributed by atoms with Gasteiger partial charge in [0.25, 0.3) is 0 Å². The number of anilines is 3. The number of benzene rings is 2. The van der Waals surface area contributed by atoms with Gasteiger partial charge in [0, 0.05) is 30.9 Å². The smallest absolute Gasteiger partial charge is 0.244 e. The van der Waals surface area contributed by atoms with Crippen LogP contribution >= 0.6 is 0 Å². The van der Waals surface area contributed by atoms with Crippen LogP contribution in [0.15, 0.2) is 48.5 Å². The fraction of sp³-hybridized carbons (Fsp3) is 0.250. The van der Waals surface area contributed by atoms with Crippen LogP contribution in [-0.4, -0.2) is 30.9 Å². The predicted molar refractivity (Wildman–Crippen MR) is 105 cm³/mol. The molecule has 2 aromatic carbocycles. The van der Waals surface area contributed by atoms with Gasteiger partial charge in [0.1, 0.15) is 12.3 Å². The van der Waals surface area contributed by atoms with Crippen molar-refractivity contribution >= 4 is 34.8 Å². The van der Waals surface area contributed by atoms with Gasteiger partial charge in [-0.05, 0) is 55.5 Å². The topological polar surface area (TPSA) is 87.7 Å². The van der Waals surface area contributed by atoms with Gasteiger partial charge in [-0.25, -0.2) is 0 Å². The molecule has 0 saturated heterocycles. The predicted octanol–water partition coefficient (Wildman–Crippen LogP) is 3.04. The van der Waals surface area contributed by atoms with E-state index in [2.05, 4.69) is 10.6 Å². The standard InChI is InChI=1S/C20H23N3O4/c1-4-27-19-11-9-18(10-12-19)23(15(3)25)13-20(26)22-17-7-5-16(6-8-17)21-14(2)24/h5-12H,4,13H2,1-3H3,(H,21,24)(H,22,26). The Morgan fingerprint density at radius 2 is 1.44 bits per heavy atom. The summed E-state index contributed by atoms with van der Waals surface area (Å²) in [7, 11) is 0. The summed E-state index contributed by atoms with van der Waals surface area (Å²) < 4.78 is 5.39. The molecule has 0 aliphatic rings. The highest BCUT2D eigenvalue weighted by atomic mass is 16.5. The number of carbonyl (C=O) groups is 3. The van der Waals surface area contributed by atoms with Crippen molar-refractivity contribution in [3.63, 3.8) is 0 Å². The molecule has 0 aliphatic heterocycles. The SMILES string of the molecule is CCOc1ccc(N(CC(=O)Nc2ccc(NC(C)=O)cc2)C(C)=O)cc1. The lowest BCUT2D eigenvalue weighted by Gasteiger charge is -2.21. The Morgan fingerprint density at radius 1 is 0.889 bits per heavy atom. The van der Waals surface area contributed by atoms with Gasteiger partial charge in [-0.3, -0.25) is 14.4 Å². The van der Waals surface area contributed by atoms with E-state index in [1.54, 1.807) is 48.5 Å². The largest absolute Gasteiger partial charge is 0.494 e. The molecular weight excluding hydrogens is 346 g/mol. The van der Waals surface area contributed by atoms with Gasteiger partial charge in [-0.15, -0.1) is 0 Å². The summed E-state index contributed by atoms with van der Waals surface area (Å²) in [4.78, 5) is 36.7. The minimum absolute atomic E-state index is 0.114. The zero-order valence-corrected chi connectivity index (χ0v) is 15.6. The first-order valence-electron chi connectivity index (χ1n) is 8.57. The number of ether oxygens (including phenoxy) is 1. The lowest BCUT2D eigenvalue weighted by Crippen LogP contribution is -2.36. The molecule has 2 rings (SSSR count). The summed E-state index contributed by atoms with van der Waals surface area (Å²) in [5, 5.41) is 5.39. The normalized spacial score (nSPS) is 10.0. The van der Waals surface area contributed by atoms with Gasteiger partial charge in [0.05, 0.1) is 6.61 Å². The number of hydrogen-bond donors (Lipinski definition) is 2. The van der Waals surface area contributed by atoms with Crippen LogP contribution in [0, 0.1) is 0 Å². The van der Waals surface area contributed by atoms with Gasteiger partial charge in [-0.2, -0.15) is 0 Å². The molecule has 0 aromatic heterocycles. The molecule has 0 unspecified atom stereocenters. The Labute approximate surface area is 158 Å². The summed E-state index contributed by atoms with van der Waals surface area (Å²) in [6.45, 7) is 5.16. The van der Waals surface area contributed by atoms with Gasteiger partial charge in [0.2, 0.25) is 17.7 Å². The molecule has 2 aromatic rings. The van der Waals surface area contributed by atoms with Crippen molar-refractivity contribution in [2.75, 3.05) is 28.7 Å². The quantitative estimate of drug-likeness (QED) is 0.785. The van der Waals surface area contributed by atoms with E-state index in [1.807, 2.05) is 6.92 Å². The van der Waals surface area contributed by atoms with Crippen LogP contribution in [0.1, 0.15) is 20.8 Å². The summed E-state index contributed by atoms with van der Waals surface area (Å²) in [5.74, 6) is -0.0330. The number of amides is 3. The average molecular weight is 369 g/mol. The molecule has 3 amide bonds. The molecule has 0 aliphatic carbocycles. The molecule has 0 saturated carbocycles. The molecule has 7 heteroatoms. The van der Waals surface area contributed by atoms with Crippen molar-refractivity contribution in [2.24, 2.45) is 0 Å². The zero-order chi connectivity index (χ0) is 19.8. The minimum Gasteiger partial charge on any atom is -0.494 e. The third-order valence-electron chi connectivity index (χ3n) is 3.63. The van der Waals surface area contributed by atoms with Gasteiger partial charge in [0.15, 0.2) is 0 Å². The van der Waals surface area contributed by atoms with Crippen molar-refractivity contribution in [3.8, 4) is 5.75 Å². The first-order chi connectivity index (χ1) is 12.9. The van der Waals surface area contributed by atoms with Crippen molar-refractivity contribution in [1.82, 2.24) is 0 Å². The molecule has 0 fully saturated rings. The van der Waals surface area contributed by atoms with Gasteiger partial charge in [-0.1, -0.05) is 0 Å². The van der Waals surface area contributed by atoms with E-state index in [0.717, 1.165) is 0 Å². The number of carbonyl (C=O) groups excluding carboxylic acids is 3. The van der Waals surface area contributed by atoms with Crippen molar-refractivity contribution in [1.29, 1.82) is 0 Å². The number of hydrogen-bond acceptors (Lipinski definition) is 4. The van der Waals surface area contributed by atoms with E-state index >= 15 is 0 Å². The van der Waals surface area contributed by atoms with E-state index in [-0.39, 0.29) is 24.3 Å². The number of rotatable bonds is 7. The monoisotopic (exact) mass is 369 g/mol. The third-order valence-corrected chi connectivity index (χ3v) is 3.63. The number of nitrogens with zero attached hydrogens (tertiary/aromatic N) is 1. The highest BCUT2D eigenvalue weighted by Crippen LogP contribution is 2.20. The van der Waals surface area contributed by atoms with Crippen LogP contribution in [0.4, 0.5) is 17.1 Å². The summed E-state index contributed by atoms with van der Waals surface area (Å²) in [6, 6.07) is 13.7. The average Bonchev–Trinajstić information content (AvgIpc) is 2.62. The van der Waals surface area contributed by atoms with Crippen molar-refractivity contribution < 1.29 is 19.1 Å². The first kappa shape index (κ1) is 20.0. The second-order valence-electron chi connectivity index (χ2n) is 5.84. The maximum absolute atomic E-state index is 12.3. The molecule has 27 heavy (non-hydrogen) atoms. The highest BCUT2D eigenvalue weighted by molar-refractivity contribution is 6.02. The summed E-state index contributed by atoms with van der Waals surface area (Å²) in [6.07, 6.45) is 0. The summed E-state index contributed by atoms with van der Waals surface area (Å²) >= 11 is 0. The number of nitrogens with one attached hydrogen (secondary N) is 2. The van der Waals surface area contributed by atoms with Crippen LogP contribution in [0.2, 0.25) is 0 Å². The summed E-state index contributed by atoms with van der Waals surface area (Å²) in [5.41, 5.74) is 1.83.